The molecule has 0 saturated heterocycles. The zero-order valence-corrected chi connectivity index (χ0v) is 16.1. The summed E-state index contributed by atoms with van der Waals surface area (Å²) in [6, 6.07) is 9.27. The molecule has 1 aromatic carbocycles. The quantitative estimate of drug-likeness (QED) is 0.702. The molecule has 1 atom stereocenters. The second-order valence-corrected chi connectivity index (χ2v) is 6.57. The molecule has 0 aliphatic rings. The molecule has 0 radical (unpaired) electrons. The molecule has 7 nitrogen and oxygen atoms in total. The Morgan fingerprint density at radius 3 is 2.42 bits per heavy atom. The van der Waals surface area contributed by atoms with Crippen molar-refractivity contribution < 1.29 is 14.3 Å². The molecule has 2 amide bonds. The van der Waals surface area contributed by atoms with Crippen molar-refractivity contribution in [3.05, 3.63) is 24.3 Å². The average molecular weight is 360 g/mol. The van der Waals surface area contributed by atoms with Crippen LogP contribution in [-0.4, -0.2) is 49.0 Å². The first-order chi connectivity index (χ1) is 12.3. The molecule has 26 heavy (non-hydrogen) atoms. The minimum atomic E-state index is -0.934. The van der Waals surface area contributed by atoms with Crippen molar-refractivity contribution in [1.29, 1.82) is 5.26 Å². The maximum Gasteiger partial charge on any atom is 0.238 e. The van der Waals surface area contributed by atoms with E-state index < -0.39 is 5.54 Å². The van der Waals surface area contributed by atoms with Crippen LogP contribution in [0.5, 0.6) is 5.75 Å². The van der Waals surface area contributed by atoms with E-state index in [0.29, 0.717) is 18.0 Å². The van der Waals surface area contributed by atoms with E-state index in [4.69, 9.17) is 4.74 Å². The monoisotopic (exact) mass is 360 g/mol. The third kappa shape index (κ3) is 6.05. The van der Waals surface area contributed by atoms with E-state index in [1.54, 1.807) is 30.0 Å². The van der Waals surface area contributed by atoms with Crippen molar-refractivity contribution in [1.82, 2.24) is 10.2 Å². The zero-order valence-electron chi connectivity index (χ0n) is 16.1. The molecule has 0 aromatic heterocycles. The highest BCUT2D eigenvalue weighted by molar-refractivity contribution is 5.94. The largest absolute Gasteiger partial charge is 0.495 e. The van der Waals surface area contributed by atoms with Gasteiger partial charge in [0.15, 0.2) is 0 Å². The van der Waals surface area contributed by atoms with Gasteiger partial charge in [0.25, 0.3) is 0 Å². The Kier molecular flexibility index (Phi) is 8.07. The number of hydrogen-bond acceptors (Lipinski definition) is 5. The standard InChI is InChI=1S/C19H28N4O3/c1-6-23(12-18(25)22-19(4,13-20)14(2)3)11-17(24)21-15-9-7-8-10-16(15)26-5/h7-10,14H,6,11-12H2,1-5H3,(H,21,24)(H,22,25)/t19-/m1/s1. The molecule has 0 heterocycles. The number of nitrogens with one attached hydrogen (secondary N) is 2. The highest BCUT2D eigenvalue weighted by atomic mass is 16.5. The number of benzene rings is 1. The minimum absolute atomic E-state index is 0.0274. The van der Waals surface area contributed by atoms with Crippen molar-refractivity contribution in [2.24, 2.45) is 5.92 Å². The maximum atomic E-state index is 12.3. The second-order valence-electron chi connectivity index (χ2n) is 6.57. The summed E-state index contributed by atoms with van der Waals surface area (Å²) >= 11 is 0. The van der Waals surface area contributed by atoms with Gasteiger partial charge in [0, 0.05) is 0 Å². The van der Waals surface area contributed by atoms with Crippen LogP contribution in [0.4, 0.5) is 5.69 Å². The number of amides is 2. The van der Waals surface area contributed by atoms with Crippen LogP contribution < -0.4 is 15.4 Å². The van der Waals surface area contributed by atoms with Gasteiger partial charge >= 0.3 is 0 Å². The molecule has 2 N–H and O–H groups in total. The van der Waals surface area contributed by atoms with Gasteiger partial charge in [0.2, 0.25) is 11.8 Å². The lowest BCUT2D eigenvalue weighted by atomic mass is 9.90. The number of rotatable bonds is 9. The number of carbonyl (C=O) groups excluding carboxylic acids is 2. The van der Waals surface area contributed by atoms with Crippen molar-refractivity contribution in [2.45, 2.75) is 33.2 Å². The lowest BCUT2D eigenvalue weighted by molar-refractivity contribution is -0.124. The van der Waals surface area contributed by atoms with Crippen LogP contribution in [0.25, 0.3) is 0 Å². The summed E-state index contributed by atoms with van der Waals surface area (Å²) in [5.74, 6) is 0.0227. The number of carbonyl (C=O) groups is 2. The van der Waals surface area contributed by atoms with E-state index in [2.05, 4.69) is 16.7 Å². The van der Waals surface area contributed by atoms with Gasteiger partial charge in [-0.25, -0.2) is 0 Å². The van der Waals surface area contributed by atoms with Crippen LogP contribution in [-0.2, 0) is 9.59 Å². The Bertz CT molecular complexity index is 669. The summed E-state index contributed by atoms with van der Waals surface area (Å²) < 4.78 is 5.21. The Balaban J connectivity index is 2.65. The van der Waals surface area contributed by atoms with E-state index in [0.717, 1.165) is 0 Å². The molecule has 142 valence electrons. The molecule has 0 bridgehead atoms. The summed E-state index contributed by atoms with van der Waals surface area (Å²) in [4.78, 5) is 26.3. The Labute approximate surface area is 155 Å². The predicted octanol–water partition coefficient (Wildman–Crippen LogP) is 2.01. The smallest absolute Gasteiger partial charge is 0.238 e. The van der Waals surface area contributed by atoms with Crippen molar-refractivity contribution in [2.75, 3.05) is 32.1 Å². The van der Waals surface area contributed by atoms with Crippen molar-refractivity contribution in [3.63, 3.8) is 0 Å². The number of likely N-dealkylation sites (N-methyl/N-ethyl adjacent to an activating group) is 1. The number of anilines is 1. The van der Waals surface area contributed by atoms with Gasteiger partial charge < -0.3 is 15.4 Å². The van der Waals surface area contributed by atoms with Crippen LogP contribution in [0.15, 0.2) is 24.3 Å². The van der Waals surface area contributed by atoms with E-state index >= 15 is 0 Å². The van der Waals surface area contributed by atoms with Crippen LogP contribution in [0.3, 0.4) is 0 Å². The third-order valence-electron chi connectivity index (χ3n) is 4.35. The fraction of sp³-hybridized carbons (Fsp3) is 0.526. The Morgan fingerprint density at radius 2 is 1.88 bits per heavy atom. The number of para-hydroxylation sites is 2. The first kappa shape index (κ1) is 21.5. The van der Waals surface area contributed by atoms with E-state index in [9.17, 15) is 14.9 Å². The maximum absolute atomic E-state index is 12.3. The summed E-state index contributed by atoms with van der Waals surface area (Å²) in [7, 11) is 1.54. The van der Waals surface area contributed by atoms with E-state index in [1.807, 2.05) is 26.8 Å². The average Bonchev–Trinajstić information content (AvgIpc) is 2.61. The highest BCUT2D eigenvalue weighted by Gasteiger charge is 2.30. The number of nitriles is 1. The molecule has 0 aliphatic heterocycles. The molecule has 1 rings (SSSR count). The molecule has 0 saturated carbocycles. The topological polar surface area (TPSA) is 94.5 Å². The van der Waals surface area contributed by atoms with Crippen LogP contribution in [0, 0.1) is 17.2 Å². The second kappa shape index (κ2) is 9.78. The lowest BCUT2D eigenvalue weighted by Crippen LogP contribution is -2.52. The van der Waals surface area contributed by atoms with Crippen LogP contribution in [0.2, 0.25) is 0 Å². The highest BCUT2D eigenvalue weighted by Crippen LogP contribution is 2.22. The van der Waals surface area contributed by atoms with Gasteiger partial charge in [0.1, 0.15) is 11.3 Å². The molecular weight excluding hydrogens is 332 g/mol. The minimum Gasteiger partial charge on any atom is -0.495 e. The number of ether oxygens (including phenoxy) is 1. The van der Waals surface area contributed by atoms with E-state index in [-0.39, 0.29) is 30.8 Å². The molecule has 0 unspecified atom stereocenters. The number of hydrogen-bond donors (Lipinski definition) is 2. The number of methoxy groups -OCH3 is 1. The van der Waals surface area contributed by atoms with Gasteiger partial charge in [-0.05, 0) is 31.5 Å². The number of nitrogens with zero attached hydrogens (tertiary/aromatic N) is 2. The summed E-state index contributed by atoms with van der Waals surface area (Å²) in [6.45, 7) is 7.95. The predicted molar refractivity (Wildman–Crippen MR) is 101 cm³/mol. The fourth-order valence-electron chi connectivity index (χ4n) is 2.25. The summed E-state index contributed by atoms with van der Waals surface area (Å²) in [5, 5.41) is 14.8. The van der Waals surface area contributed by atoms with Gasteiger partial charge in [-0.1, -0.05) is 32.9 Å². The molecule has 7 heteroatoms. The normalized spacial score (nSPS) is 13.0. The first-order valence-corrected chi connectivity index (χ1v) is 8.63. The third-order valence-corrected chi connectivity index (χ3v) is 4.35. The van der Waals surface area contributed by atoms with Gasteiger partial charge in [-0.3, -0.25) is 14.5 Å². The van der Waals surface area contributed by atoms with Crippen LogP contribution >= 0.6 is 0 Å². The van der Waals surface area contributed by atoms with Gasteiger partial charge in [0.05, 0.1) is 32.0 Å². The Morgan fingerprint density at radius 1 is 1.27 bits per heavy atom. The molecule has 1 aromatic rings. The summed E-state index contributed by atoms with van der Waals surface area (Å²) in [5.41, 5.74) is -0.353. The molecule has 0 fully saturated rings. The van der Waals surface area contributed by atoms with Crippen molar-refractivity contribution >= 4 is 17.5 Å². The molecular formula is C19H28N4O3. The fourth-order valence-corrected chi connectivity index (χ4v) is 2.25. The zero-order chi connectivity index (χ0) is 19.7. The van der Waals surface area contributed by atoms with Gasteiger partial charge in [-0.15, -0.1) is 0 Å². The SMILES string of the molecule is CCN(CC(=O)Nc1ccccc1OC)CC(=O)N[C@](C)(C#N)C(C)C. The molecule has 0 spiro atoms. The van der Waals surface area contributed by atoms with E-state index in [1.165, 1.54) is 7.11 Å². The Hall–Kier alpha value is -2.59. The van der Waals surface area contributed by atoms with Gasteiger partial charge in [-0.2, -0.15) is 5.26 Å². The lowest BCUT2D eigenvalue weighted by Gasteiger charge is -2.29. The van der Waals surface area contributed by atoms with Crippen LogP contribution in [0.1, 0.15) is 27.7 Å². The summed E-state index contributed by atoms with van der Waals surface area (Å²) in [6.07, 6.45) is 0. The molecule has 0 aliphatic carbocycles. The van der Waals surface area contributed by atoms with Crippen molar-refractivity contribution in [3.8, 4) is 11.8 Å². The first-order valence-electron chi connectivity index (χ1n) is 8.63.